The van der Waals surface area contributed by atoms with E-state index in [1.54, 1.807) is 0 Å². The Balaban J connectivity index is 2.22. The average Bonchev–Trinajstić information content (AvgIpc) is 2.55. The van der Waals surface area contributed by atoms with Crippen LogP contribution in [0.25, 0.3) is 0 Å². The molecular weight excluding hydrogens is 316 g/mol. The smallest absolute Gasteiger partial charge is 0.256 e. The minimum absolute atomic E-state index is 0.720. The third-order valence-electron chi connectivity index (χ3n) is 4.90. The Morgan fingerprint density at radius 3 is 2.39 bits per heavy atom. The third kappa shape index (κ3) is 3.03. The van der Waals surface area contributed by atoms with Gasteiger partial charge in [0, 0.05) is 6.61 Å². The summed E-state index contributed by atoms with van der Waals surface area (Å²) in [4.78, 5) is 0. The summed E-state index contributed by atoms with van der Waals surface area (Å²) < 4.78 is 12.3. The van der Waals surface area contributed by atoms with Crippen LogP contribution in [0.2, 0.25) is 6.04 Å². The molecule has 23 heavy (non-hydrogen) atoms. The van der Waals surface area contributed by atoms with Crippen molar-refractivity contribution >= 4 is 29.2 Å². The zero-order valence-corrected chi connectivity index (χ0v) is 17.6. The first-order valence-electron chi connectivity index (χ1n) is 8.43. The highest BCUT2D eigenvalue weighted by Gasteiger charge is 2.42. The van der Waals surface area contributed by atoms with Crippen LogP contribution in [0.4, 0.5) is 0 Å². The van der Waals surface area contributed by atoms with Crippen molar-refractivity contribution in [2.75, 3.05) is 6.61 Å². The second-order valence-electron chi connectivity index (χ2n) is 6.64. The van der Waals surface area contributed by atoms with Gasteiger partial charge in [-0.15, -0.1) is 0 Å². The van der Waals surface area contributed by atoms with Crippen LogP contribution < -0.4 is 14.8 Å². The lowest BCUT2D eigenvalue weighted by molar-refractivity contribution is 0.283. The van der Waals surface area contributed by atoms with Crippen LogP contribution in [0, 0.1) is 20.8 Å². The predicted molar refractivity (Wildman–Crippen MR) is 103 cm³/mol. The van der Waals surface area contributed by atoms with Gasteiger partial charge in [-0.05, 0) is 55.2 Å². The van der Waals surface area contributed by atoms with E-state index in [4.69, 9.17) is 8.85 Å². The van der Waals surface area contributed by atoms with Gasteiger partial charge in [-0.1, -0.05) is 47.9 Å². The van der Waals surface area contributed by atoms with Crippen molar-refractivity contribution in [3.63, 3.8) is 0 Å². The van der Waals surface area contributed by atoms with Crippen molar-refractivity contribution in [3.05, 3.63) is 53.1 Å². The molecule has 0 radical (unpaired) electrons. The van der Waals surface area contributed by atoms with E-state index in [1.807, 2.05) is 0 Å². The van der Waals surface area contributed by atoms with Crippen molar-refractivity contribution in [1.29, 1.82) is 0 Å². The molecule has 0 spiro atoms. The lowest BCUT2D eigenvalue weighted by atomic mass is 10.2. The maximum Gasteiger partial charge on any atom is 0.256 e. The lowest BCUT2D eigenvalue weighted by Gasteiger charge is -2.37. The van der Waals surface area contributed by atoms with Gasteiger partial charge in [0.25, 0.3) is 8.32 Å². The Bertz CT molecular complexity index is 686. The molecule has 1 saturated heterocycles. The van der Waals surface area contributed by atoms with Crippen molar-refractivity contribution in [2.45, 2.75) is 39.7 Å². The second-order valence-corrected chi connectivity index (χ2v) is 10.6. The normalized spacial score (nSPS) is 21.3. The SMILES string of the molecule is Cc1cc(C)cc([Si]2(c3cccc(O[SiH3])c3C)CCCCO2)c1. The molecule has 0 aliphatic carbocycles. The van der Waals surface area contributed by atoms with E-state index >= 15 is 0 Å². The second kappa shape index (κ2) is 6.63. The standard InChI is InChI=1S/C19H26O2Si2/c1-14-11-15(2)13-17(12-14)23(10-5-4-9-20-23)19-8-6-7-18(21-22)16(19)3/h6-8,11-13H,4-5,9-10H2,1-3,22H3. The maximum atomic E-state index is 6.62. The van der Waals surface area contributed by atoms with Crippen molar-refractivity contribution < 1.29 is 8.85 Å². The molecule has 0 saturated carbocycles. The van der Waals surface area contributed by atoms with E-state index < -0.39 is 8.32 Å². The zero-order valence-electron chi connectivity index (χ0n) is 14.6. The average molecular weight is 343 g/mol. The molecule has 2 nitrogen and oxygen atoms in total. The molecule has 0 N–H and O–H groups in total. The van der Waals surface area contributed by atoms with E-state index in [9.17, 15) is 0 Å². The van der Waals surface area contributed by atoms with Crippen molar-refractivity contribution in [2.24, 2.45) is 0 Å². The molecule has 0 bridgehead atoms. The van der Waals surface area contributed by atoms with Gasteiger partial charge in [0.05, 0.1) is 0 Å². The van der Waals surface area contributed by atoms with E-state index in [0.717, 1.165) is 22.8 Å². The van der Waals surface area contributed by atoms with Gasteiger partial charge in [-0.2, -0.15) is 0 Å². The summed E-state index contributed by atoms with van der Waals surface area (Å²) in [5.74, 6) is 1.03. The summed E-state index contributed by atoms with van der Waals surface area (Å²) in [7, 11) is -1.43. The van der Waals surface area contributed by atoms with Gasteiger partial charge in [0.15, 0.2) is 0 Å². The molecule has 1 atom stereocenters. The van der Waals surface area contributed by atoms with E-state index in [1.165, 1.54) is 45.9 Å². The Kier molecular flexibility index (Phi) is 4.75. The van der Waals surface area contributed by atoms with Crippen molar-refractivity contribution in [3.8, 4) is 5.75 Å². The molecule has 1 aliphatic rings. The van der Waals surface area contributed by atoms with Crippen LogP contribution in [0.3, 0.4) is 0 Å². The van der Waals surface area contributed by atoms with E-state index in [0.29, 0.717) is 0 Å². The molecule has 1 unspecified atom stereocenters. The summed E-state index contributed by atoms with van der Waals surface area (Å²) in [6.45, 7) is 7.44. The highest BCUT2D eigenvalue weighted by atomic mass is 28.4. The molecule has 2 aromatic carbocycles. The van der Waals surface area contributed by atoms with Crippen LogP contribution in [-0.2, 0) is 4.43 Å². The highest BCUT2D eigenvalue weighted by molar-refractivity contribution is 6.98. The van der Waals surface area contributed by atoms with Gasteiger partial charge in [0.1, 0.15) is 5.75 Å². The van der Waals surface area contributed by atoms with Crippen LogP contribution in [0.1, 0.15) is 29.5 Å². The maximum absolute atomic E-state index is 6.62. The quantitative estimate of drug-likeness (QED) is 0.796. The molecule has 4 heteroatoms. The van der Waals surface area contributed by atoms with Gasteiger partial charge < -0.3 is 8.85 Å². The number of rotatable bonds is 3. The number of benzene rings is 2. The van der Waals surface area contributed by atoms with Crippen LogP contribution in [0.5, 0.6) is 5.75 Å². The number of aryl methyl sites for hydroxylation is 2. The van der Waals surface area contributed by atoms with Crippen LogP contribution >= 0.6 is 0 Å². The first-order chi connectivity index (χ1) is 11.1. The molecular formula is C19H26O2Si2. The molecule has 1 heterocycles. The Morgan fingerprint density at radius 2 is 1.78 bits per heavy atom. The molecule has 0 amide bonds. The van der Waals surface area contributed by atoms with Crippen LogP contribution in [-0.4, -0.2) is 25.4 Å². The first-order valence-corrected chi connectivity index (χ1v) is 11.4. The van der Waals surface area contributed by atoms with Gasteiger partial charge in [0.2, 0.25) is 10.5 Å². The summed E-state index contributed by atoms with van der Waals surface area (Å²) in [5.41, 5.74) is 3.93. The topological polar surface area (TPSA) is 18.5 Å². The molecule has 1 aliphatic heterocycles. The minimum atomic E-state index is -2.15. The Labute approximate surface area is 143 Å². The summed E-state index contributed by atoms with van der Waals surface area (Å²) in [5, 5.41) is 2.82. The zero-order chi connectivity index (χ0) is 16.4. The fourth-order valence-electron chi connectivity index (χ4n) is 3.87. The monoisotopic (exact) mass is 342 g/mol. The highest BCUT2D eigenvalue weighted by Crippen LogP contribution is 2.26. The minimum Gasteiger partial charge on any atom is -0.553 e. The van der Waals surface area contributed by atoms with Crippen molar-refractivity contribution in [1.82, 2.24) is 0 Å². The lowest BCUT2D eigenvalue weighted by Crippen LogP contribution is -2.63. The number of hydrogen-bond donors (Lipinski definition) is 0. The Morgan fingerprint density at radius 1 is 1.04 bits per heavy atom. The fraction of sp³-hybridized carbons (Fsp3) is 0.368. The van der Waals surface area contributed by atoms with Gasteiger partial charge in [-0.3, -0.25) is 0 Å². The number of hydrogen-bond acceptors (Lipinski definition) is 2. The summed E-state index contributed by atoms with van der Waals surface area (Å²) >= 11 is 0. The van der Waals surface area contributed by atoms with Gasteiger partial charge >= 0.3 is 0 Å². The Hall–Kier alpha value is -1.37. The van der Waals surface area contributed by atoms with Gasteiger partial charge in [-0.25, -0.2) is 0 Å². The molecule has 3 rings (SSSR count). The predicted octanol–water partition coefficient (Wildman–Crippen LogP) is 2.14. The summed E-state index contributed by atoms with van der Waals surface area (Å²) in [6, 6.07) is 14.6. The fourth-order valence-corrected chi connectivity index (χ4v) is 8.91. The van der Waals surface area contributed by atoms with E-state index in [-0.39, 0.29) is 0 Å². The first kappa shape index (κ1) is 16.5. The molecule has 0 aromatic heterocycles. The molecule has 1 fully saturated rings. The van der Waals surface area contributed by atoms with Crippen LogP contribution in [0.15, 0.2) is 36.4 Å². The third-order valence-corrected chi connectivity index (χ3v) is 9.73. The largest absolute Gasteiger partial charge is 0.553 e. The molecule has 2 aromatic rings. The molecule has 122 valence electrons. The summed E-state index contributed by atoms with van der Waals surface area (Å²) in [6.07, 6.45) is 2.43. The van der Waals surface area contributed by atoms with E-state index in [2.05, 4.69) is 57.2 Å².